The second-order valence-electron chi connectivity index (χ2n) is 6.90. The first-order valence-electron chi connectivity index (χ1n) is 9.41. The van der Waals surface area contributed by atoms with Gasteiger partial charge in [-0.2, -0.15) is 10.5 Å². The van der Waals surface area contributed by atoms with Crippen molar-refractivity contribution in [1.82, 2.24) is 5.32 Å². The summed E-state index contributed by atoms with van der Waals surface area (Å²) in [7, 11) is 0. The molecule has 1 aliphatic rings. The molecule has 0 aromatic heterocycles. The van der Waals surface area contributed by atoms with E-state index in [0.29, 0.717) is 11.3 Å². The number of nitrogens with zero attached hydrogens (tertiary/aromatic N) is 2. The Bertz CT molecular complexity index is 994. The lowest BCUT2D eigenvalue weighted by molar-refractivity contribution is -0.112. The highest BCUT2D eigenvalue weighted by molar-refractivity contribution is 6.07. The summed E-state index contributed by atoms with van der Waals surface area (Å²) in [5.41, 5.74) is 4.64. The predicted octanol–water partition coefficient (Wildman–Crippen LogP) is 4.13. The monoisotopic (exact) mass is 370 g/mol. The van der Waals surface area contributed by atoms with Crippen LogP contribution in [0.2, 0.25) is 0 Å². The predicted molar refractivity (Wildman–Crippen MR) is 108 cm³/mol. The average Bonchev–Trinajstić information content (AvgIpc) is 2.74. The zero-order valence-corrected chi connectivity index (χ0v) is 15.8. The van der Waals surface area contributed by atoms with E-state index in [9.17, 15) is 10.1 Å². The number of para-hydroxylation sites is 1. The Morgan fingerprint density at radius 1 is 1.11 bits per heavy atom. The molecule has 1 amide bonds. The maximum atomic E-state index is 12.4. The van der Waals surface area contributed by atoms with Crippen LogP contribution in [0.15, 0.2) is 54.2 Å². The molecule has 0 heterocycles. The number of anilines is 1. The lowest BCUT2D eigenvalue weighted by Crippen LogP contribution is -2.19. The minimum atomic E-state index is -0.546. The normalized spacial score (nSPS) is 14.2. The molecule has 1 aliphatic carbocycles. The Morgan fingerprint density at radius 3 is 2.61 bits per heavy atom. The van der Waals surface area contributed by atoms with Crippen LogP contribution in [0.25, 0.3) is 0 Å². The molecule has 0 bridgehead atoms. The van der Waals surface area contributed by atoms with Crippen LogP contribution in [-0.4, -0.2) is 5.91 Å². The molecule has 0 spiro atoms. The van der Waals surface area contributed by atoms with Gasteiger partial charge in [-0.05, 0) is 61.4 Å². The second kappa shape index (κ2) is 8.88. The molecule has 1 atom stereocenters. The number of nitriles is 2. The summed E-state index contributed by atoms with van der Waals surface area (Å²) >= 11 is 0. The van der Waals surface area contributed by atoms with Crippen LogP contribution in [0.1, 0.15) is 48.1 Å². The number of benzene rings is 2. The van der Waals surface area contributed by atoms with Gasteiger partial charge in [0.1, 0.15) is 17.7 Å². The maximum absolute atomic E-state index is 12.4. The first-order chi connectivity index (χ1) is 13.6. The highest BCUT2D eigenvalue weighted by Gasteiger charge is 2.14. The number of hydrogen-bond acceptors (Lipinski definition) is 4. The standard InChI is InChI=1S/C23H22N4O/c1-16(18-11-10-17-6-2-3-7-19(17)12-18)26-15-21(14-25)23(28)27-22-9-5-4-8-20(22)13-24/h4-5,8-12,15-16,26H,2-3,6-7H2,1H3,(H,27,28)/b21-15-. The van der Waals surface area contributed by atoms with E-state index in [1.807, 2.05) is 19.1 Å². The van der Waals surface area contributed by atoms with Crippen LogP contribution in [0.3, 0.4) is 0 Å². The highest BCUT2D eigenvalue weighted by Crippen LogP contribution is 2.25. The van der Waals surface area contributed by atoms with Crippen molar-refractivity contribution in [3.63, 3.8) is 0 Å². The van der Waals surface area contributed by atoms with E-state index in [4.69, 9.17) is 5.26 Å². The van der Waals surface area contributed by atoms with E-state index in [0.717, 1.165) is 18.4 Å². The molecule has 0 radical (unpaired) electrons. The van der Waals surface area contributed by atoms with Crippen molar-refractivity contribution in [2.24, 2.45) is 0 Å². The van der Waals surface area contributed by atoms with E-state index in [1.165, 1.54) is 30.2 Å². The van der Waals surface area contributed by atoms with Crippen molar-refractivity contribution in [3.05, 3.63) is 76.5 Å². The largest absolute Gasteiger partial charge is 0.383 e. The molecule has 5 heteroatoms. The van der Waals surface area contributed by atoms with Gasteiger partial charge in [0.25, 0.3) is 5.91 Å². The van der Waals surface area contributed by atoms with Gasteiger partial charge in [0.2, 0.25) is 0 Å². The third kappa shape index (κ3) is 4.39. The van der Waals surface area contributed by atoms with Crippen LogP contribution in [-0.2, 0) is 17.6 Å². The average molecular weight is 370 g/mol. The quantitative estimate of drug-likeness (QED) is 0.612. The van der Waals surface area contributed by atoms with Gasteiger partial charge >= 0.3 is 0 Å². The van der Waals surface area contributed by atoms with Crippen molar-refractivity contribution in [1.29, 1.82) is 10.5 Å². The fourth-order valence-electron chi connectivity index (χ4n) is 3.36. The van der Waals surface area contributed by atoms with Crippen molar-refractivity contribution >= 4 is 11.6 Å². The van der Waals surface area contributed by atoms with Crippen molar-refractivity contribution < 1.29 is 4.79 Å². The lowest BCUT2D eigenvalue weighted by Gasteiger charge is -2.19. The van der Waals surface area contributed by atoms with Gasteiger partial charge in [-0.3, -0.25) is 4.79 Å². The Labute approximate surface area is 165 Å². The molecular weight excluding hydrogens is 348 g/mol. The summed E-state index contributed by atoms with van der Waals surface area (Å²) < 4.78 is 0. The summed E-state index contributed by atoms with van der Waals surface area (Å²) in [6, 6.07) is 17.1. The van der Waals surface area contributed by atoms with Gasteiger partial charge in [-0.15, -0.1) is 0 Å². The summed E-state index contributed by atoms with van der Waals surface area (Å²) in [5, 5.41) is 24.2. The number of carbonyl (C=O) groups is 1. The first-order valence-corrected chi connectivity index (χ1v) is 9.41. The van der Waals surface area contributed by atoms with Crippen LogP contribution in [0.4, 0.5) is 5.69 Å². The summed E-state index contributed by atoms with van der Waals surface area (Å²) in [5.74, 6) is -0.546. The van der Waals surface area contributed by atoms with E-state index >= 15 is 0 Å². The highest BCUT2D eigenvalue weighted by atomic mass is 16.1. The fourth-order valence-corrected chi connectivity index (χ4v) is 3.36. The molecule has 2 N–H and O–H groups in total. The SMILES string of the molecule is CC(N/C=C(/C#N)C(=O)Nc1ccccc1C#N)c1ccc2c(c1)CCCC2. The van der Waals surface area contributed by atoms with Gasteiger partial charge in [0.15, 0.2) is 0 Å². The minimum absolute atomic E-state index is 0.0326. The Kier molecular flexibility index (Phi) is 6.09. The summed E-state index contributed by atoms with van der Waals surface area (Å²) in [6.45, 7) is 2.00. The molecular formula is C23H22N4O. The van der Waals surface area contributed by atoms with E-state index in [-0.39, 0.29) is 11.6 Å². The Morgan fingerprint density at radius 2 is 1.86 bits per heavy atom. The molecule has 0 fully saturated rings. The van der Waals surface area contributed by atoms with Crippen molar-refractivity contribution in [3.8, 4) is 12.1 Å². The molecule has 0 aliphatic heterocycles. The molecule has 5 nitrogen and oxygen atoms in total. The zero-order valence-electron chi connectivity index (χ0n) is 15.8. The third-order valence-electron chi connectivity index (χ3n) is 5.01. The van der Waals surface area contributed by atoms with Gasteiger partial charge in [-0.1, -0.05) is 30.3 Å². The zero-order chi connectivity index (χ0) is 19.9. The maximum Gasteiger partial charge on any atom is 0.267 e. The van der Waals surface area contributed by atoms with Gasteiger partial charge in [-0.25, -0.2) is 0 Å². The van der Waals surface area contributed by atoms with Crippen molar-refractivity contribution in [2.45, 2.75) is 38.6 Å². The van der Waals surface area contributed by atoms with Crippen LogP contribution >= 0.6 is 0 Å². The topological polar surface area (TPSA) is 88.7 Å². The molecule has 1 unspecified atom stereocenters. The number of rotatable bonds is 5. The number of nitrogens with one attached hydrogen (secondary N) is 2. The van der Waals surface area contributed by atoms with Crippen LogP contribution in [0.5, 0.6) is 0 Å². The number of hydrogen-bond donors (Lipinski definition) is 2. The molecule has 0 saturated carbocycles. The third-order valence-corrected chi connectivity index (χ3v) is 5.01. The number of aryl methyl sites for hydroxylation is 2. The van der Waals surface area contributed by atoms with Gasteiger partial charge in [0.05, 0.1) is 11.3 Å². The molecule has 3 rings (SSSR count). The lowest BCUT2D eigenvalue weighted by atomic mass is 9.89. The number of carbonyl (C=O) groups excluding carboxylic acids is 1. The van der Waals surface area contributed by atoms with Gasteiger partial charge in [0, 0.05) is 12.2 Å². The van der Waals surface area contributed by atoms with Gasteiger partial charge < -0.3 is 10.6 Å². The molecule has 140 valence electrons. The Hall–Kier alpha value is -3.57. The fraction of sp³-hybridized carbons (Fsp3) is 0.261. The summed E-state index contributed by atoms with van der Waals surface area (Å²) in [4.78, 5) is 12.4. The van der Waals surface area contributed by atoms with E-state index in [1.54, 1.807) is 24.3 Å². The molecule has 2 aromatic rings. The number of amides is 1. The minimum Gasteiger partial charge on any atom is -0.383 e. The first kappa shape index (κ1) is 19.2. The van der Waals surface area contributed by atoms with Crippen LogP contribution < -0.4 is 10.6 Å². The molecule has 28 heavy (non-hydrogen) atoms. The summed E-state index contributed by atoms with van der Waals surface area (Å²) in [6.07, 6.45) is 6.16. The second-order valence-corrected chi connectivity index (χ2v) is 6.90. The van der Waals surface area contributed by atoms with E-state index < -0.39 is 5.91 Å². The Balaban J connectivity index is 1.70. The smallest absolute Gasteiger partial charge is 0.267 e. The molecule has 0 saturated heterocycles. The van der Waals surface area contributed by atoms with Crippen LogP contribution in [0, 0.1) is 22.7 Å². The van der Waals surface area contributed by atoms with E-state index in [2.05, 4.69) is 28.8 Å². The van der Waals surface area contributed by atoms with Crippen molar-refractivity contribution in [2.75, 3.05) is 5.32 Å². The molecule has 2 aromatic carbocycles. The number of fused-ring (bicyclic) bond motifs is 1.